The Kier molecular flexibility index (Phi) is 8.05. The lowest BCUT2D eigenvalue weighted by Crippen LogP contribution is -2.41. The summed E-state index contributed by atoms with van der Waals surface area (Å²) in [5.74, 6) is -1.33. The Morgan fingerprint density at radius 2 is 1.76 bits per heavy atom. The van der Waals surface area contributed by atoms with Gasteiger partial charge in [-0.1, -0.05) is 19.4 Å². The minimum Gasteiger partial charge on any atom is -0.454 e. The van der Waals surface area contributed by atoms with Crippen LogP contribution in [-0.2, 0) is 24.3 Å². The van der Waals surface area contributed by atoms with E-state index >= 15 is 0 Å². The zero-order chi connectivity index (χ0) is 19.0. The van der Waals surface area contributed by atoms with Crippen LogP contribution in [0.4, 0.5) is 5.69 Å². The molecule has 1 aromatic carbocycles. The van der Waals surface area contributed by atoms with Gasteiger partial charge in [-0.25, -0.2) is 13.1 Å². The van der Waals surface area contributed by atoms with Crippen LogP contribution in [0.3, 0.4) is 0 Å². The zero-order valence-corrected chi connectivity index (χ0v) is 15.9. The highest BCUT2D eigenvalue weighted by molar-refractivity contribution is 7.89. The third-order valence-electron chi connectivity index (χ3n) is 3.33. The molecule has 0 unspecified atom stereocenters. The number of sulfonamides is 1. The molecule has 1 atom stereocenters. The smallest absolute Gasteiger partial charge is 0.324 e. The first kappa shape index (κ1) is 21.1. The SMILES string of the molecule is CCCCS(=O)(=O)N[C@@H](C)C(=O)OCC(=O)Nc1cc(C)cc(C)c1. The third kappa shape index (κ3) is 8.13. The van der Waals surface area contributed by atoms with Crippen molar-refractivity contribution in [1.29, 1.82) is 0 Å². The van der Waals surface area contributed by atoms with Crippen molar-refractivity contribution in [2.75, 3.05) is 17.7 Å². The number of ether oxygens (including phenoxy) is 1. The van der Waals surface area contributed by atoms with Crippen molar-refractivity contribution in [1.82, 2.24) is 4.72 Å². The van der Waals surface area contributed by atoms with Gasteiger partial charge in [-0.3, -0.25) is 9.59 Å². The van der Waals surface area contributed by atoms with Crippen molar-refractivity contribution in [2.24, 2.45) is 0 Å². The standard InChI is InChI=1S/C17H26N2O5S/c1-5-6-7-25(22,23)19-14(4)17(21)24-11-16(20)18-15-9-12(2)8-13(3)10-15/h8-10,14,19H,5-7,11H2,1-4H3,(H,18,20)/t14-/m0/s1. The molecule has 0 aliphatic carbocycles. The van der Waals surface area contributed by atoms with E-state index in [0.717, 1.165) is 17.5 Å². The van der Waals surface area contributed by atoms with Gasteiger partial charge in [-0.15, -0.1) is 0 Å². The quantitative estimate of drug-likeness (QED) is 0.647. The van der Waals surface area contributed by atoms with Crippen LogP contribution in [0.25, 0.3) is 0 Å². The first-order chi connectivity index (χ1) is 11.6. The molecule has 0 spiro atoms. The van der Waals surface area contributed by atoms with Crippen LogP contribution in [0.5, 0.6) is 0 Å². The highest BCUT2D eigenvalue weighted by Gasteiger charge is 2.21. The maximum absolute atomic E-state index is 11.9. The summed E-state index contributed by atoms with van der Waals surface area (Å²) < 4.78 is 30.6. The Morgan fingerprint density at radius 3 is 2.32 bits per heavy atom. The van der Waals surface area contributed by atoms with Gasteiger partial charge in [0.2, 0.25) is 10.0 Å². The Bertz CT molecular complexity index is 695. The predicted molar refractivity (Wildman–Crippen MR) is 96.8 cm³/mol. The number of unbranched alkanes of at least 4 members (excludes halogenated alkanes) is 1. The number of aryl methyl sites for hydroxylation is 2. The lowest BCUT2D eigenvalue weighted by atomic mass is 10.1. The molecular weight excluding hydrogens is 344 g/mol. The van der Waals surface area contributed by atoms with Crippen molar-refractivity contribution >= 4 is 27.6 Å². The highest BCUT2D eigenvalue weighted by atomic mass is 32.2. The summed E-state index contributed by atoms with van der Waals surface area (Å²) in [7, 11) is -3.54. The van der Waals surface area contributed by atoms with Gasteiger partial charge >= 0.3 is 5.97 Å². The normalized spacial score (nSPS) is 12.5. The van der Waals surface area contributed by atoms with Crippen LogP contribution in [-0.4, -0.2) is 38.7 Å². The van der Waals surface area contributed by atoms with E-state index in [1.54, 1.807) is 12.1 Å². The average Bonchev–Trinajstić information content (AvgIpc) is 2.49. The molecule has 1 aromatic rings. The van der Waals surface area contributed by atoms with Crippen molar-refractivity contribution in [3.63, 3.8) is 0 Å². The van der Waals surface area contributed by atoms with Crippen LogP contribution in [0.2, 0.25) is 0 Å². The molecule has 2 N–H and O–H groups in total. The van der Waals surface area contributed by atoms with Crippen molar-refractivity contribution in [2.45, 2.75) is 46.6 Å². The molecule has 7 nitrogen and oxygen atoms in total. The Morgan fingerprint density at radius 1 is 1.16 bits per heavy atom. The number of carbonyl (C=O) groups excluding carboxylic acids is 2. The van der Waals surface area contributed by atoms with Gasteiger partial charge in [0.05, 0.1) is 5.75 Å². The number of hydrogen-bond donors (Lipinski definition) is 2. The molecule has 8 heteroatoms. The van der Waals surface area contributed by atoms with Gasteiger partial charge in [0.25, 0.3) is 5.91 Å². The largest absolute Gasteiger partial charge is 0.454 e. The van der Waals surface area contributed by atoms with E-state index in [1.165, 1.54) is 6.92 Å². The summed E-state index contributed by atoms with van der Waals surface area (Å²) in [5.41, 5.74) is 2.62. The van der Waals surface area contributed by atoms with Gasteiger partial charge in [-0.05, 0) is 50.5 Å². The van der Waals surface area contributed by atoms with Crippen LogP contribution < -0.4 is 10.0 Å². The topological polar surface area (TPSA) is 102 Å². The Balaban J connectivity index is 2.48. The fraction of sp³-hybridized carbons (Fsp3) is 0.529. The summed E-state index contributed by atoms with van der Waals surface area (Å²) in [4.78, 5) is 23.7. The van der Waals surface area contributed by atoms with Crippen LogP contribution in [0.1, 0.15) is 37.8 Å². The minimum absolute atomic E-state index is 0.0473. The van der Waals surface area contributed by atoms with Gasteiger partial charge in [0, 0.05) is 5.69 Å². The number of hydrogen-bond acceptors (Lipinski definition) is 5. The average molecular weight is 370 g/mol. The summed E-state index contributed by atoms with van der Waals surface area (Å²) in [6, 6.07) is 4.53. The molecular formula is C17H26N2O5S. The van der Waals surface area contributed by atoms with Crippen molar-refractivity contribution in [3.05, 3.63) is 29.3 Å². The molecule has 0 aromatic heterocycles. The first-order valence-corrected chi connectivity index (χ1v) is 9.83. The van der Waals surface area contributed by atoms with Gasteiger partial charge in [-0.2, -0.15) is 0 Å². The zero-order valence-electron chi connectivity index (χ0n) is 15.1. The second-order valence-electron chi connectivity index (χ2n) is 6.04. The molecule has 0 saturated carbocycles. The summed E-state index contributed by atoms with van der Waals surface area (Å²) >= 11 is 0. The molecule has 1 rings (SSSR count). The Hall–Kier alpha value is -1.93. The van der Waals surface area contributed by atoms with E-state index in [9.17, 15) is 18.0 Å². The third-order valence-corrected chi connectivity index (χ3v) is 4.87. The van der Waals surface area contributed by atoms with Gasteiger partial charge in [0.15, 0.2) is 6.61 Å². The van der Waals surface area contributed by atoms with E-state index in [1.807, 2.05) is 26.8 Å². The van der Waals surface area contributed by atoms with Crippen LogP contribution in [0, 0.1) is 13.8 Å². The van der Waals surface area contributed by atoms with Crippen LogP contribution in [0.15, 0.2) is 18.2 Å². The van der Waals surface area contributed by atoms with Crippen molar-refractivity contribution in [3.8, 4) is 0 Å². The van der Waals surface area contributed by atoms with Crippen molar-refractivity contribution < 1.29 is 22.7 Å². The minimum atomic E-state index is -3.54. The molecule has 0 heterocycles. The van der Waals surface area contributed by atoms with Gasteiger partial charge < -0.3 is 10.1 Å². The lowest BCUT2D eigenvalue weighted by Gasteiger charge is -2.13. The molecule has 0 aliphatic heterocycles. The number of rotatable bonds is 9. The molecule has 1 amide bonds. The number of esters is 1. The molecule has 140 valence electrons. The Labute approximate surface area is 149 Å². The first-order valence-electron chi connectivity index (χ1n) is 8.17. The van der Waals surface area contributed by atoms with E-state index in [0.29, 0.717) is 12.1 Å². The van der Waals surface area contributed by atoms with E-state index < -0.39 is 34.5 Å². The highest BCUT2D eigenvalue weighted by Crippen LogP contribution is 2.13. The number of amides is 1. The second kappa shape index (κ2) is 9.53. The molecule has 0 radical (unpaired) electrons. The fourth-order valence-electron chi connectivity index (χ4n) is 2.22. The predicted octanol–water partition coefficient (Wildman–Crippen LogP) is 1.89. The van der Waals surface area contributed by atoms with Crippen LogP contribution >= 0.6 is 0 Å². The number of anilines is 1. The molecule has 0 fully saturated rings. The molecule has 0 bridgehead atoms. The monoisotopic (exact) mass is 370 g/mol. The summed E-state index contributed by atoms with van der Waals surface area (Å²) in [6.07, 6.45) is 1.24. The number of carbonyl (C=O) groups is 2. The second-order valence-corrected chi connectivity index (χ2v) is 7.92. The van der Waals surface area contributed by atoms with E-state index in [4.69, 9.17) is 4.74 Å². The summed E-state index contributed by atoms with van der Waals surface area (Å²) in [6.45, 7) is 6.60. The number of benzene rings is 1. The molecule has 25 heavy (non-hydrogen) atoms. The van der Waals surface area contributed by atoms with E-state index in [-0.39, 0.29) is 5.75 Å². The molecule has 0 saturated heterocycles. The maximum atomic E-state index is 11.9. The fourth-order valence-corrected chi connectivity index (χ4v) is 3.64. The van der Waals surface area contributed by atoms with Gasteiger partial charge in [0.1, 0.15) is 6.04 Å². The van der Waals surface area contributed by atoms with E-state index in [2.05, 4.69) is 10.0 Å². The molecule has 0 aliphatic rings. The maximum Gasteiger partial charge on any atom is 0.324 e. The lowest BCUT2D eigenvalue weighted by molar-refractivity contribution is -0.148. The summed E-state index contributed by atoms with van der Waals surface area (Å²) in [5, 5.41) is 2.64. The number of nitrogens with one attached hydrogen (secondary N) is 2.